The molecule has 0 fully saturated rings. The van der Waals surface area contributed by atoms with Gasteiger partial charge in [-0.05, 0) is 0 Å². The van der Waals surface area contributed by atoms with E-state index in [1.807, 2.05) is 22.6 Å². The summed E-state index contributed by atoms with van der Waals surface area (Å²) in [4.78, 5) is 35.3. The van der Waals surface area contributed by atoms with E-state index in [0.717, 1.165) is 0 Å². The number of amides is 1. The third-order valence-electron chi connectivity index (χ3n) is 1.69. The maximum atomic E-state index is 11.4. The largest absolute Gasteiger partial charge is 0.503 e. The van der Waals surface area contributed by atoms with Crippen LogP contribution in [-0.4, -0.2) is 31.6 Å². The minimum Gasteiger partial charge on any atom is -0.503 e. The topological polar surface area (TPSA) is 119 Å². The fraction of sp³-hybridized carbons (Fsp3) is 0.125. The molecule has 1 rings (SSSR count). The number of aromatic amines is 1. The summed E-state index contributed by atoms with van der Waals surface area (Å²) in [5, 5.41) is 20.3. The highest BCUT2D eigenvalue weighted by Crippen LogP contribution is 2.09. The van der Waals surface area contributed by atoms with Gasteiger partial charge < -0.3 is 20.5 Å². The Morgan fingerprint density at radius 3 is 2.62 bits per heavy atom. The lowest BCUT2D eigenvalue weighted by molar-refractivity contribution is 0.0690. The molecule has 0 bridgehead atoms. The Morgan fingerprint density at radius 2 is 2.12 bits per heavy atom. The molecule has 8 heteroatoms. The van der Waals surface area contributed by atoms with Crippen molar-refractivity contribution in [2.24, 2.45) is 0 Å². The van der Waals surface area contributed by atoms with Gasteiger partial charge in [0.15, 0.2) is 11.4 Å². The van der Waals surface area contributed by atoms with Gasteiger partial charge in [-0.1, -0.05) is 22.6 Å². The van der Waals surface area contributed by atoms with Gasteiger partial charge in [-0.15, -0.1) is 0 Å². The molecule has 0 atom stereocenters. The molecule has 16 heavy (non-hydrogen) atoms. The zero-order valence-corrected chi connectivity index (χ0v) is 9.94. The van der Waals surface area contributed by atoms with E-state index in [0.29, 0.717) is 6.07 Å². The number of aromatic hydroxyl groups is 1. The molecule has 0 aliphatic rings. The van der Waals surface area contributed by atoms with Gasteiger partial charge in [0.1, 0.15) is 5.69 Å². The van der Waals surface area contributed by atoms with Crippen LogP contribution in [0.5, 0.6) is 5.75 Å². The zero-order valence-electron chi connectivity index (χ0n) is 7.78. The van der Waals surface area contributed by atoms with Gasteiger partial charge in [0.25, 0.3) is 5.91 Å². The first-order valence-electron chi connectivity index (χ1n) is 4.01. The maximum Gasteiger partial charge on any atom is 0.352 e. The average molecular weight is 338 g/mol. The van der Waals surface area contributed by atoms with Crippen LogP contribution in [0.3, 0.4) is 0 Å². The van der Waals surface area contributed by atoms with E-state index in [2.05, 4.69) is 10.3 Å². The normalized spacial score (nSPS) is 9.81. The number of hydrogen-bond donors (Lipinski definition) is 4. The van der Waals surface area contributed by atoms with Crippen molar-refractivity contribution in [2.45, 2.75) is 0 Å². The first kappa shape index (κ1) is 12.5. The highest BCUT2D eigenvalue weighted by atomic mass is 127. The number of rotatable bonds is 3. The van der Waals surface area contributed by atoms with E-state index in [1.165, 1.54) is 0 Å². The Labute approximate surface area is 103 Å². The van der Waals surface area contributed by atoms with Gasteiger partial charge in [-0.25, -0.2) is 4.79 Å². The maximum absolute atomic E-state index is 11.4. The molecule has 0 aromatic carbocycles. The molecule has 0 saturated heterocycles. The number of aromatic carboxylic acids is 1. The van der Waals surface area contributed by atoms with Crippen LogP contribution in [0.4, 0.5) is 0 Å². The van der Waals surface area contributed by atoms with Crippen LogP contribution in [0.15, 0.2) is 10.9 Å². The molecule has 1 amide bonds. The molecule has 0 saturated carbocycles. The molecule has 1 aromatic rings. The number of nitrogens with one attached hydrogen (secondary N) is 2. The van der Waals surface area contributed by atoms with E-state index >= 15 is 0 Å². The first-order valence-corrected chi connectivity index (χ1v) is 5.53. The van der Waals surface area contributed by atoms with Crippen molar-refractivity contribution in [3.05, 3.63) is 27.7 Å². The van der Waals surface area contributed by atoms with Crippen LogP contribution < -0.4 is 10.7 Å². The summed E-state index contributed by atoms with van der Waals surface area (Å²) in [6.07, 6.45) is 0. The average Bonchev–Trinajstić information content (AvgIpc) is 2.21. The van der Waals surface area contributed by atoms with Crippen LogP contribution in [0.2, 0.25) is 0 Å². The molecule has 86 valence electrons. The standard InChI is InChI=1S/C8H7IN2O5/c9-2-10-7(14)5-6(13)4(12)1-3(11-5)8(15)16/h1,13H,2H2,(H,10,14)(H,11,12)(H,15,16). The second kappa shape index (κ2) is 4.96. The Balaban J connectivity index is 3.32. The Bertz CT molecular complexity index is 496. The molecule has 7 nitrogen and oxygen atoms in total. The molecular weight excluding hydrogens is 331 g/mol. The van der Waals surface area contributed by atoms with E-state index < -0.39 is 34.4 Å². The summed E-state index contributed by atoms with van der Waals surface area (Å²) in [7, 11) is 0. The Morgan fingerprint density at radius 1 is 1.50 bits per heavy atom. The van der Waals surface area contributed by atoms with Gasteiger partial charge in [-0.3, -0.25) is 9.59 Å². The first-order chi connectivity index (χ1) is 7.47. The molecule has 0 aliphatic heterocycles. The van der Waals surface area contributed by atoms with E-state index in [-0.39, 0.29) is 4.55 Å². The summed E-state index contributed by atoms with van der Waals surface area (Å²) in [6, 6.07) is 0.707. The summed E-state index contributed by atoms with van der Waals surface area (Å²) in [5.74, 6) is -2.93. The van der Waals surface area contributed by atoms with Crippen molar-refractivity contribution < 1.29 is 19.8 Å². The lowest BCUT2D eigenvalue weighted by atomic mass is 10.2. The molecule has 1 heterocycles. The SMILES string of the molecule is O=C(O)c1cc(=O)c(O)c(C(=O)NCI)[nH]1. The predicted molar refractivity (Wildman–Crippen MR) is 62.0 cm³/mol. The number of halogens is 1. The predicted octanol–water partition coefficient (Wildman–Crippen LogP) is -0.0990. The quantitative estimate of drug-likeness (QED) is 0.349. The van der Waals surface area contributed by atoms with Gasteiger partial charge in [0, 0.05) is 6.07 Å². The third-order valence-corrected chi connectivity index (χ3v) is 2.07. The van der Waals surface area contributed by atoms with Gasteiger partial charge in [0.05, 0.1) is 4.55 Å². The number of aromatic nitrogens is 1. The van der Waals surface area contributed by atoms with Gasteiger partial charge in [-0.2, -0.15) is 0 Å². The van der Waals surface area contributed by atoms with Crippen LogP contribution in [-0.2, 0) is 0 Å². The van der Waals surface area contributed by atoms with Gasteiger partial charge in [0.2, 0.25) is 5.43 Å². The number of carboxylic acids is 1. The number of carbonyl (C=O) groups excluding carboxylic acids is 1. The fourth-order valence-electron chi connectivity index (χ4n) is 0.981. The van der Waals surface area contributed by atoms with Crippen molar-refractivity contribution in [1.29, 1.82) is 0 Å². The molecule has 0 radical (unpaired) electrons. The van der Waals surface area contributed by atoms with E-state index in [4.69, 9.17) is 5.11 Å². The fourth-order valence-corrected chi connectivity index (χ4v) is 1.33. The number of carbonyl (C=O) groups is 2. The summed E-state index contributed by atoms with van der Waals surface area (Å²) < 4.78 is 0.259. The second-order valence-corrected chi connectivity index (χ2v) is 3.48. The minimum atomic E-state index is -1.39. The van der Waals surface area contributed by atoms with E-state index in [1.54, 1.807) is 0 Å². The number of carboxylic acid groups (broad SMARTS) is 1. The lowest BCUT2D eigenvalue weighted by Crippen LogP contribution is -2.25. The number of H-pyrrole nitrogens is 1. The smallest absolute Gasteiger partial charge is 0.352 e. The van der Waals surface area contributed by atoms with Crippen LogP contribution >= 0.6 is 22.6 Å². The zero-order chi connectivity index (χ0) is 12.3. The summed E-state index contributed by atoms with van der Waals surface area (Å²) in [6.45, 7) is 0. The third kappa shape index (κ3) is 2.51. The van der Waals surface area contributed by atoms with Crippen LogP contribution in [0.25, 0.3) is 0 Å². The minimum absolute atomic E-state index is 0.259. The van der Waals surface area contributed by atoms with Crippen molar-refractivity contribution in [1.82, 2.24) is 10.3 Å². The van der Waals surface area contributed by atoms with Crippen LogP contribution in [0.1, 0.15) is 21.0 Å². The molecule has 4 N–H and O–H groups in total. The lowest BCUT2D eigenvalue weighted by Gasteiger charge is -2.05. The summed E-state index contributed by atoms with van der Waals surface area (Å²) >= 11 is 1.85. The van der Waals surface area contributed by atoms with Crippen LogP contribution in [0, 0.1) is 0 Å². The van der Waals surface area contributed by atoms with Crippen molar-refractivity contribution in [3.63, 3.8) is 0 Å². The molecule has 0 unspecified atom stereocenters. The van der Waals surface area contributed by atoms with Crippen molar-refractivity contribution >= 4 is 34.5 Å². The van der Waals surface area contributed by atoms with E-state index in [9.17, 15) is 19.5 Å². The molecular formula is C8H7IN2O5. The number of hydrogen-bond acceptors (Lipinski definition) is 4. The van der Waals surface area contributed by atoms with Crippen molar-refractivity contribution in [2.75, 3.05) is 4.55 Å². The molecule has 0 aliphatic carbocycles. The Hall–Kier alpha value is -1.58. The highest BCUT2D eigenvalue weighted by Gasteiger charge is 2.17. The highest BCUT2D eigenvalue weighted by molar-refractivity contribution is 14.1. The Kier molecular flexibility index (Phi) is 3.88. The number of pyridine rings is 1. The monoisotopic (exact) mass is 338 g/mol. The second-order valence-electron chi connectivity index (χ2n) is 2.72. The molecule has 1 aromatic heterocycles. The van der Waals surface area contributed by atoms with Gasteiger partial charge >= 0.3 is 5.97 Å². The number of alkyl halides is 1. The molecule has 0 spiro atoms. The van der Waals surface area contributed by atoms with Crippen molar-refractivity contribution in [3.8, 4) is 5.75 Å². The summed E-state index contributed by atoms with van der Waals surface area (Å²) in [5.41, 5.74) is -1.84.